The van der Waals surface area contributed by atoms with E-state index in [0.29, 0.717) is 0 Å². The van der Waals surface area contributed by atoms with Crippen LogP contribution in [0, 0.1) is 0 Å². The first kappa shape index (κ1) is 24.4. The third kappa shape index (κ3) is 23.4. The Kier molecular flexibility index (Phi) is 22.9. The van der Waals surface area contributed by atoms with Crippen molar-refractivity contribution in [3.63, 3.8) is 0 Å². The minimum Gasteiger partial charge on any atom is -0.381 e. The Morgan fingerprint density at radius 3 is 1.00 bits per heavy atom. The van der Waals surface area contributed by atoms with E-state index in [1.807, 2.05) is 12.2 Å². The second-order valence-corrected chi connectivity index (χ2v) is 7.42. The molecule has 0 fully saturated rings. The average molecular weight is 351 g/mol. The van der Waals surface area contributed by atoms with Crippen LogP contribution >= 0.6 is 0 Å². The molecule has 1 heteroatoms. The van der Waals surface area contributed by atoms with Crippen molar-refractivity contribution in [3.05, 3.63) is 25.3 Å². The predicted octanol–water partition coefficient (Wildman–Crippen LogP) is 8.40. The van der Waals surface area contributed by atoms with E-state index in [9.17, 15) is 0 Å². The molecule has 0 N–H and O–H groups in total. The predicted molar refractivity (Wildman–Crippen MR) is 114 cm³/mol. The lowest BCUT2D eigenvalue weighted by atomic mass is 10.1. The smallest absolute Gasteiger partial charge is 0.0466 e. The fraction of sp³-hybridized carbons (Fsp3) is 0.833. The van der Waals surface area contributed by atoms with Gasteiger partial charge in [-0.15, -0.1) is 13.2 Å². The summed E-state index contributed by atoms with van der Waals surface area (Å²) in [7, 11) is 0. The van der Waals surface area contributed by atoms with Gasteiger partial charge in [0.25, 0.3) is 0 Å². The Balaban J connectivity index is 2.96. The van der Waals surface area contributed by atoms with Gasteiger partial charge >= 0.3 is 0 Å². The number of rotatable bonds is 22. The SMILES string of the molecule is C=CCCCCCCCCCCOCCCCCCCCCCC=C. The molecule has 0 aliphatic heterocycles. The van der Waals surface area contributed by atoms with Gasteiger partial charge in [0.05, 0.1) is 0 Å². The molecule has 0 radical (unpaired) electrons. The molecule has 0 unspecified atom stereocenters. The molecule has 0 rings (SSSR count). The molecule has 148 valence electrons. The van der Waals surface area contributed by atoms with E-state index < -0.39 is 0 Å². The lowest BCUT2D eigenvalue weighted by Crippen LogP contribution is -1.97. The minimum atomic E-state index is 0.975. The van der Waals surface area contributed by atoms with Crippen LogP contribution in [0.25, 0.3) is 0 Å². The van der Waals surface area contributed by atoms with Crippen LogP contribution in [0.1, 0.15) is 116 Å². The highest BCUT2D eigenvalue weighted by molar-refractivity contribution is 4.65. The fourth-order valence-corrected chi connectivity index (χ4v) is 3.21. The van der Waals surface area contributed by atoms with Crippen molar-refractivity contribution in [1.82, 2.24) is 0 Å². The first-order chi connectivity index (χ1) is 12.4. The second kappa shape index (κ2) is 23.4. The van der Waals surface area contributed by atoms with Gasteiger partial charge in [0.15, 0.2) is 0 Å². The molecule has 0 amide bonds. The maximum atomic E-state index is 5.76. The van der Waals surface area contributed by atoms with Crippen molar-refractivity contribution in [2.75, 3.05) is 13.2 Å². The highest BCUT2D eigenvalue weighted by atomic mass is 16.5. The number of hydrogen-bond donors (Lipinski definition) is 0. The van der Waals surface area contributed by atoms with Crippen molar-refractivity contribution in [3.8, 4) is 0 Å². The summed E-state index contributed by atoms with van der Waals surface area (Å²) in [6.07, 6.45) is 28.3. The third-order valence-corrected chi connectivity index (χ3v) is 4.89. The van der Waals surface area contributed by atoms with Crippen LogP contribution in [-0.4, -0.2) is 13.2 Å². The molecule has 25 heavy (non-hydrogen) atoms. The van der Waals surface area contributed by atoms with Gasteiger partial charge in [-0.25, -0.2) is 0 Å². The lowest BCUT2D eigenvalue weighted by Gasteiger charge is -2.05. The number of ether oxygens (including phenoxy) is 1. The van der Waals surface area contributed by atoms with Crippen LogP contribution in [0.3, 0.4) is 0 Å². The van der Waals surface area contributed by atoms with Gasteiger partial charge in [0.1, 0.15) is 0 Å². The van der Waals surface area contributed by atoms with E-state index in [1.54, 1.807) is 0 Å². The van der Waals surface area contributed by atoms with Crippen molar-refractivity contribution in [2.24, 2.45) is 0 Å². The summed E-state index contributed by atoms with van der Waals surface area (Å²) >= 11 is 0. The highest BCUT2D eigenvalue weighted by Crippen LogP contribution is 2.11. The molecule has 0 saturated heterocycles. The largest absolute Gasteiger partial charge is 0.381 e. The molecule has 0 aliphatic rings. The first-order valence-corrected chi connectivity index (χ1v) is 11.2. The van der Waals surface area contributed by atoms with Crippen molar-refractivity contribution >= 4 is 0 Å². The van der Waals surface area contributed by atoms with Crippen LogP contribution in [0.15, 0.2) is 25.3 Å². The molecule has 0 saturated carbocycles. The topological polar surface area (TPSA) is 9.23 Å². The van der Waals surface area contributed by atoms with Crippen LogP contribution in [0.2, 0.25) is 0 Å². The van der Waals surface area contributed by atoms with Crippen molar-refractivity contribution in [1.29, 1.82) is 0 Å². The quantitative estimate of drug-likeness (QED) is 0.141. The summed E-state index contributed by atoms with van der Waals surface area (Å²) in [5.74, 6) is 0. The third-order valence-electron chi connectivity index (χ3n) is 4.89. The number of unbranched alkanes of at least 4 members (excludes halogenated alkanes) is 16. The summed E-state index contributed by atoms with van der Waals surface area (Å²) in [6, 6.07) is 0. The van der Waals surface area contributed by atoms with E-state index in [0.717, 1.165) is 13.2 Å². The van der Waals surface area contributed by atoms with E-state index in [1.165, 1.54) is 116 Å². The van der Waals surface area contributed by atoms with E-state index in [2.05, 4.69) is 13.2 Å². The summed E-state index contributed by atoms with van der Waals surface area (Å²) in [5.41, 5.74) is 0. The molecule has 0 heterocycles. The lowest BCUT2D eigenvalue weighted by molar-refractivity contribution is 0.125. The van der Waals surface area contributed by atoms with Gasteiger partial charge in [-0.05, 0) is 38.5 Å². The van der Waals surface area contributed by atoms with Gasteiger partial charge in [-0.3, -0.25) is 0 Å². The Hall–Kier alpha value is -0.560. The molecule has 0 atom stereocenters. The molecule has 1 nitrogen and oxygen atoms in total. The van der Waals surface area contributed by atoms with Gasteiger partial charge in [0, 0.05) is 13.2 Å². The monoisotopic (exact) mass is 350 g/mol. The average Bonchev–Trinajstić information content (AvgIpc) is 2.63. The van der Waals surface area contributed by atoms with Crippen LogP contribution in [0.5, 0.6) is 0 Å². The van der Waals surface area contributed by atoms with E-state index in [4.69, 9.17) is 4.74 Å². The van der Waals surface area contributed by atoms with E-state index >= 15 is 0 Å². The molecule has 0 aliphatic carbocycles. The van der Waals surface area contributed by atoms with Gasteiger partial charge in [-0.2, -0.15) is 0 Å². The molecule has 0 aromatic heterocycles. The van der Waals surface area contributed by atoms with Crippen LogP contribution in [-0.2, 0) is 4.74 Å². The van der Waals surface area contributed by atoms with Crippen molar-refractivity contribution < 1.29 is 4.74 Å². The zero-order valence-corrected chi connectivity index (χ0v) is 17.1. The number of hydrogen-bond acceptors (Lipinski definition) is 1. The van der Waals surface area contributed by atoms with Gasteiger partial charge < -0.3 is 4.74 Å². The van der Waals surface area contributed by atoms with Gasteiger partial charge in [0.2, 0.25) is 0 Å². The highest BCUT2D eigenvalue weighted by Gasteiger charge is 1.95. The molecular formula is C24H46O. The Bertz CT molecular complexity index is 233. The van der Waals surface area contributed by atoms with Crippen molar-refractivity contribution in [2.45, 2.75) is 116 Å². The second-order valence-electron chi connectivity index (χ2n) is 7.42. The van der Waals surface area contributed by atoms with Gasteiger partial charge in [-0.1, -0.05) is 89.2 Å². The Morgan fingerprint density at radius 2 is 0.680 bits per heavy atom. The zero-order chi connectivity index (χ0) is 18.3. The normalized spacial score (nSPS) is 10.9. The summed E-state index contributed by atoms with van der Waals surface area (Å²) in [6.45, 7) is 9.49. The van der Waals surface area contributed by atoms with Crippen LogP contribution < -0.4 is 0 Å². The minimum absolute atomic E-state index is 0.975. The maximum Gasteiger partial charge on any atom is 0.0466 e. The molecule has 0 aromatic rings. The Labute approximate surface area is 159 Å². The summed E-state index contributed by atoms with van der Waals surface area (Å²) in [5, 5.41) is 0. The maximum absolute atomic E-state index is 5.76. The molecule has 0 spiro atoms. The Morgan fingerprint density at radius 1 is 0.400 bits per heavy atom. The first-order valence-electron chi connectivity index (χ1n) is 11.2. The molecule has 0 bridgehead atoms. The van der Waals surface area contributed by atoms with E-state index in [-0.39, 0.29) is 0 Å². The summed E-state index contributed by atoms with van der Waals surface area (Å²) < 4.78 is 5.76. The standard InChI is InChI=1S/C24H46O/c1-3-5-7-9-11-13-15-17-19-21-23-25-24-22-20-18-16-14-12-10-8-6-4-2/h3-4H,1-2,5-24H2. The fourth-order valence-electron chi connectivity index (χ4n) is 3.21. The summed E-state index contributed by atoms with van der Waals surface area (Å²) in [4.78, 5) is 0. The molecule has 0 aromatic carbocycles. The molecular weight excluding hydrogens is 304 g/mol. The van der Waals surface area contributed by atoms with Crippen LogP contribution in [0.4, 0.5) is 0 Å². The zero-order valence-electron chi connectivity index (χ0n) is 17.1. The number of allylic oxidation sites excluding steroid dienone is 2.